The fraction of sp³-hybridized carbons (Fsp3) is 0.333. The van der Waals surface area contributed by atoms with Crippen LogP contribution >= 0.6 is 0 Å². The van der Waals surface area contributed by atoms with E-state index in [9.17, 15) is 27.9 Å². The summed E-state index contributed by atoms with van der Waals surface area (Å²) in [6.45, 7) is 2.99. The number of carbonyl (C=O) groups excluding carboxylic acids is 1. The normalized spacial score (nSPS) is 12.1. The standard InChI is InChI=1S/C21H21F3N4O5/c1-20(2,32)6-7-28-10-12-8-15(16(9-14(12)27-28)33-11-18(29)30)26-19(31)13-4-3-5-17(25-13)21(22,23)24/h3-5,8-10,32H,6-7,11H2,1-2H3,(H,26,31)(H,29,30). The topological polar surface area (TPSA) is 127 Å². The molecule has 176 valence electrons. The highest BCUT2D eigenvalue weighted by Crippen LogP contribution is 2.31. The number of aliphatic carboxylic acids is 1. The SMILES string of the molecule is CC(C)(O)CCn1cc2cc(NC(=O)c3cccc(C(F)(F)F)n3)c(OCC(=O)O)cc2n1. The number of aryl methyl sites for hydroxylation is 1. The first-order chi connectivity index (χ1) is 15.3. The second-order valence-corrected chi connectivity index (χ2v) is 7.90. The van der Waals surface area contributed by atoms with Gasteiger partial charge in [-0.05, 0) is 38.5 Å². The number of carboxylic acid groups (broad SMARTS) is 1. The summed E-state index contributed by atoms with van der Waals surface area (Å²) in [5.41, 5.74) is -2.14. The van der Waals surface area contributed by atoms with E-state index < -0.39 is 41.6 Å². The van der Waals surface area contributed by atoms with Gasteiger partial charge in [-0.3, -0.25) is 9.48 Å². The Balaban J connectivity index is 1.92. The summed E-state index contributed by atoms with van der Waals surface area (Å²) >= 11 is 0. The number of hydrogen-bond acceptors (Lipinski definition) is 6. The molecule has 3 N–H and O–H groups in total. The highest BCUT2D eigenvalue weighted by atomic mass is 19.4. The molecule has 0 saturated carbocycles. The number of anilines is 1. The number of carbonyl (C=O) groups is 2. The summed E-state index contributed by atoms with van der Waals surface area (Å²) in [7, 11) is 0. The number of halogens is 3. The second-order valence-electron chi connectivity index (χ2n) is 7.90. The molecule has 0 spiro atoms. The molecule has 2 aromatic heterocycles. The molecule has 0 aliphatic rings. The van der Waals surface area contributed by atoms with E-state index in [1.54, 1.807) is 24.7 Å². The summed E-state index contributed by atoms with van der Waals surface area (Å²) in [6, 6.07) is 5.80. The van der Waals surface area contributed by atoms with Gasteiger partial charge in [0.05, 0.1) is 16.8 Å². The van der Waals surface area contributed by atoms with Gasteiger partial charge in [0.1, 0.15) is 17.1 Å². The van der Waals surface area contributed by atoms with Crippen molar-refractivity contribution >= 4 is 28.5 Å². The number of pyridine rings is 1. The van der Waals surface area contributed by atoms with E-state index in [2.05, 4.69) is 15.4 Å². The summed E-state index contributed by atoms with van der Waals surface area (Å²) in [4.78, 5) is 26.9. The van der Waals surface area contributed by atoms with Crippen LogP contribution in [0.25, 0.3) is 10.9 Å². The molecule has 0 atom stereocenters. The number of alkyl halides is 3. The molecular formula is C21H21F3N4O5. The van der Waals surface area contributed by atoms with Crippen LogP contribution in [0.1, 0.15) is 36.5 Å². The van der Waals surface area contributed by atoms with Crippen molar-refractivity contribution in [2.75, 3.05) is 11.9 Å². The van der Waals surface area contributed by atoms with Crippen molar-refractivity contribution < 1.29 is 37.7 Å². The van der Waals surface area contributed by atoms with Gasteiger partial charge in [0.25, 0.3) is 5.91 Å². The molecule has 0 aliphatic carbocycles. The molecule has 0 bridgehead atoms. The van der Waals surface area contributed by atoms with Gasteiger partial charge in [-0.25, -0.2) is 9.78 Å². The predicted molar refractivity (Wildman–Crippen MR) is 111 cm³/mol. The maximum absolute atomic E-state index is 12.9. The van der Waals surface area contributed by atoms with Crippen molar-refractivity contribution in [1.29, 1.82) is 0 Å². The zero-order valence-electron chi connectivity index (χ0n) is 17.7. The van der Waals surface area contributed by atoms with E-state index in [1.165, 1.54) is 12.1 Å². The largest absolute Gasteiger partial charge is 0.480 e. The van der Waals surface area contributed by atoms with Gasteiger partial charge in [0.2, 0.25) is 0 Å². The maximum Gasteiger partial charge on any atom is 0.433 e. The Hall–Kier alpha value is -3.67. The molecule has 33 heavy (non-hydrogen) atoms. The third kappa shape index (κ3) is 6.42. The average molecular weight is 466 g/mol. The van der Waals surface area contributed by atoms with E-state index >= 15 is 0 Å². The van der Waals surface area contributed by atoms with Gasteiger partial charge >= 0.3 is 12.1 Å². The molecular weight excluding hydrogens is 445 g/mol. The zero-order chi connectivity index (χ0) is 24.4. The lowest BCUT2D eigenvalue weighted by atomic mass is 10.1. The van der Waals surface area contributed by atoms with Gasteiger partial charge < -0.3 is 20.3 Å². The van der Waals surface area contributed by atoms with Gasteiger partial charge in [0.15, 0.2) is 6.61 Å². The van der Waals surface area contributed by atoms with Crippen LogP contribution in [0.4, 0.5) is 18.9 Å². The van der Waals surface area contributed by atoms with Crippen LogP contribution in [0.2, 0.25) is 0 Å². The fourth-order valence-corrected chi connectivity index (χ4v) is 2.87. The van der Waals surface area contributed by atoms with Crippen molar-refractivity contribution in [3.05, 3.63) is 47.9 Å². The summed E-state index contributed by atoms with van der Waals surface area (Å²) in [5.74, 6) is -2.23. The third-order valence-electron chi connectivity index (χ3n) is 4.48. The molecule has 0 fully saturated rings. The highest BCUT2D eigenvalue weighted by molar-refractivity contribution is 6.05. The molecule has 9 nitrogen and oxygen atoms in total. The molecule has 0 unspecified atom stereocenters. The summed E-state index contributed by atoms with van der Waals surface area (Å²) in [6.07, 6.45) is -2.66. The number of benzene rings is 1. The number of aliphatic hydroxyl groups is 1. The van der Waals surface area contributed by atoms with E-state index in [0.29, 0.717) is 23.9 Å². The molecule has 1 amide bonds. The van der Waals surface area contributed by atoms with Crippen LogP contribution < -0.4 is 10.1 Å². The quantitative estimate of drug-likeness (QED) is 0.465. The molecule has 12 heteroatoms. The Morgan fingerprint density at radius 1 is 1.21 bits per heavy atom. The number of carboxylic acids is 1. The molecule has 1 aromatic carbocycles. The van der Waals surface area contributed by atoms with Crippen LogP contribution in [-0.4, -0.2) is 49.1 Å². The molecule has 3 aromatic rings. The first-order valence-electron chi connectivity index (χ1n) is 9.75. The number of nitrogens with zero attached hydrogens (tertiary/aromatic N) is 3. The molecule has 0 saturated heterocycles. The predicted octanol–water partition coefficient (Wildman–Crippen LogP) is 3.33. The number of amides is 1. The second kappa shape index (κ2) is 9.06. The molecule has 0 aliphatic heterocycles. The Morgan fingerprint density at radius 3 is 2.58 bits per heavy atom. The number of nitrogens with one attached hydrogen (secondary N) is 1. The van der Waals surface area contributed by atoms with Crippen LogP contribution in [-0.2, 0) is 17.5 Å². The number of fused-ring (bicyclic) bond motifs is 1. The number of rotatable bonds is 8. The first kappa shape index (κ1) is 24.0. The van der Waals surface area contributed by atoms with Gasteiger partial charge in [-0.2, -0.15) is 18.3 Å². The highest BCUT2D eigenvalue weighted by Gasteiger charge is 2.33. The lowest BCUT2D eigenvalue weighted by Crippen LogP contribution is -2.21. The molecule has 3 rings (SSSR count). The monoisotopic (exact) mass is 466 g/mol. The smallest absolute Gasteiger partial charge is 0.433 e. The fourth-order valence-electron chi connectivity index (χ4n) is 2.87. The Labute approximate surface area is 185 Å². The third-order valence-corrected chi connectivity index (χ3v) is 4.48. The summed E-state index contributed by atoms with van der Waals surface area (Å²) < 4.78 is 45.6. The Morgan fingerprint density at radius 2 is 1.94 bits per heavy atom. The first-order valence-corrected chi connectivity index (χ1v) is 9.75. The van der Waals surface area contributed by atoms with E-state index in [0.717, 1.165) is 18.2 Å². The molecule has 0 radical (unpaired) electrons. The van der Waals surface area contributed by atoms with E-state index in [1.807, 2.05) is 0 Å². The Bertz CT molecular complexity index is 1180. The number of hydrogen-bond donors (Lipinski definition) is 3. The summed E-state index contributed by atoms with van der Waals surface area (Å²) in [5, 5.41) is 26.2. The van der Waals surface area contributed by atoms with Crippen molar-refractivity contribution in [3.8, 4) is 5.75 Å². The maximum atomic E-state index is 12.9. The van der Waals surface area contributed by atoms with Crippen molar-refractivity contribution in [2.24, 2.45) is 0 Å². The Kier molecular flexibility index (Phi) is 6.58. The average Bonchev–Trinajstić information content (AvgIpc) is 3.11. The zero-order valence-corrected chi connectivity index (χ0v) is 17.7. The van der Waals surface area contributed by atoms with Crippen LogP contribution in [0.5, 0.6) is 5.75 Å². The van der Waals surface area contributed by atoms with E-state index in [4.69, 9.17) is 9.84 Å². The van der Waals surface area contributed by atoms with E-state index in [-0.39, 0.29) is 11.4 Å². The van der Waals surface area contributed by atoms with Gasteiger partial charge in [-0.1, -0.05) is 6.07 Å². The van der Waals surface area contributed by atoms with Crippen LogP contribution in [0.15, 0.2) is 36.5 Å². The van der Waals surface area contributed by atoms with Gasteiger partial charge in [-0.15, -0.1) is 0 Å². The van der Waals surface area contributed by atoms with Crippen molar-refractivity contribution in [2.45, 2.75) is 38.6 Å². The number of aromatic nitrogens is 3. The van der Waals surface area contributed by atoms with Crippen LogP contribution in [0, 0.1) is 0 Å². The van der Waals surface area contributed by atoms with Crippen LogP contribution in [0.3, 0.4) is 0 Å². The lowest BCUT2D eigenvalue weighted by molar-refractivity contribution is -0.141. The van der Waals surface area contributed by atoms with Crippen molar-refractivity contribution in [1.82, 2.24) is 14.8 Å². The lowest BCUT2D eigenvalue weighted by Gasteiger charge is -2.16. The molecule has 2 heterocycles. The van der Waals surface area contributed by atoms with Gasteiger partial charge in [0, 0.05) is 24.2 Å². The van der Waals surface area contributed by atoms with Crippen molar-refractivity contribution in [3.63, 3.8) is 0 Å². The number of ether oxygens (including phenoxy) is 1. The minimum Gasteiger partial charge on any atom is -0.480 e. The minimum absolute atomic E-state index is 0.0297. The minimum atomic E-state index is -4.72.